The maximum absolute atomic E-state index is 10.6. The Morgan fingerprint density at radius 1 is 0.879 bits per heavy atom. The molecule has 0 aliphatic heterocycles. The summed E-state index contributed by atoms with van der Waals surface area (Å²) in [6.07, 6.45) is 3.55. The molecule has 0 aliphatic rings. The van der Waals surface area contributed by atoms with Gasteiger partial charge < -0.3 is 29.2 Å². The van der Waals surface area contributed by atoms with Gasteiger partial charge in [0.15, 0.2) is 0 Å². The van der Waals surface area contributed by atoms with Gasteiger partial charge in [-0.25, -0.2) is 0 Å². The number of thioether (sulfide) groups is 1. The SMILES string of the molecule is CCCCOC[C@@H](OCCCC)[C@H](OC([C@H](O)CO)[C@H](C)OCCCC)Sc1ccccc1. The summed E-state index contributed by atoms with van der Waals surface area (Å²) in [6, 6.07) is 10.0. The third-order valence-corrected chi connectivity index (χ3v) is 6.44. The lowest BCUT2D eigenvalue weighted by molar-refractivity contribution is -0.161. The van der Waals surface area contributed by atoms with Crippen molar-refractivity contribution in [3.63, 3.8) is 0 Å². The Labute approximate surface area is 205 Å². The Morgan fingerprint density at radius 2 is 1.48 bits per heavy atom. The molecule has 1 unspecified atom stereocenters. The standard InChI is InChI=1S/C26H46O6S/c1-5-8-16-29-20-24(31-18-10-7-3)26(33-22-14-12-11-13-15-22)32-25(23(28)19-27)21(4)30-17-9-6-2/h11-15,21,23-28H,5-10,16-20H2,1-4H3/t21-,23+,24+,25?,26+/m0/s1. The topological polar surface area (TPSA) is 77.4 Å². The summed E-state index contributed by atoms with van der Waals surface area (Å²) in [6.45, 7) is 10.1. The molecule has 0 amide bonds. The fraction of sp³-hybridized carbons (Fsp3) is 0.769. The van der Waals surface area contributed by atoms with Crippen molar-refractivity contribution in [2.24, 2.45) is 0 Å². The second-order valence-corrected chi connectivity index (χ2v) is 9.44. The van der Waals surface area contributed by atoms with Gasteiger partial charge in [0.05, 0.1) is 19.3 Å². The third-order valence-electron chi connectivity index (χ3n) is 5.25. The third kappa shape index (κ3) is 13.1. The van der Waals surface area contributed by atoms with Gasteiger partial charge in [-0.15, -0.1) is 0 Å². The highest BCUT2D eigenvalue weighted by Gasteiger charge is 2.34. The molecule has 0 saturated heterocycles. The monoisotopic (exact) mass is 486 g/mol. The summed E-state index contributed by atoms with van der Waals surface area (Å²) in [7, 11) is 0. The number of aliphatic hydroxyl groups is 2. The first-order valence-electron chi connectivity index (χ1n) is 12.5. The Morgan fingerprint density at radius 3 is 2.09 bits per heavy atom. The summed E-state index contributed by atoms with van der Waals surface area (Å²) < 4.78 is 24.6. The van der Waals surface area contributed by atoms with Crippen LogP contribution in [0.4, 0.5) is 0 Å². The second-order valence-electron chi connectivity index (χ2n) is 8.27. The molecule has 0 heterocycles. The highest BCUT2D eigenvalue weighted by atomic mass is 32.2. The number of unbranched alkanes of at least 4 members (excludes halogenated alkanes) is 3. The van der Waals surface area contributed by atoms with E-state index in [9.17, 15) is 10.2 Å². The van der Waals surface area contributed by atoms with Crippen molar-refractivity contribution in [3.05, 3.63) is 30.3 Å². The quantitative estimate of drug-likeness (QED) is 0.143. The zero-order valence-corrected chi connectivity index (χ0v) is 21.8. The fourth-order valence-corrected chi connectivity index (χ4v) is 4.21. The number of hydrogen-bond donors (Lipinski definition) is 2. The number of ether oxygens (including phenoxy) is 4. The van der Waals surface area contributed by atoms with Gasteiger partial charge in [0.25, 0.3) is 0 Å². The van der Waals surface area contributed by atoms with E-state index in [0.717, 1.165) is 43.4 Å². The highest BCUT2D eigenvalue weighted by Crippen LogP contribution is 2.30. The van der Waals surface area contributed by atoms with E-state index in [1.807, 2.05) is 37.3 Å². The zero-order chi connectivity index (χ0) is 24.3. The molecule has 1 aromatic rings. The van der Waals surface area contributed by atoms with E-state index in [4.69, 9.17) is 18.9 Å². The van der Waals surface area contributed by atoms with Crippen molar-refractivity contribution < 1.29 is 29.2 Å². The smallest absolute Gasteiger partial charge is 0.136 e. The van der Waals surface area contributed by atoms with Crippen molar-refractivity contribution in [1.82, 2.24) is 0 Å². The first-order valence-corrected chi connectivity index (χ1v) is 13.4. The van der Waals surface area contributed by atoms with E-state index in [1.54, 1.807) is 11.8 Å². The maximum Gasteiger partial charge on any atom is 0.136 e. The molecule has 1 rings (SSSR count). The van der Waals surface area contributed by atoms with Crippen LogP contribution in [-0.2, 0) is 18.9 Å². The molecule has 0 saturated carbocycles. The minimum atomic E-state index is -1.06. The molecule has 0 radical (unpaired) electrons. The lowest BCUT2D eigenvalue weighted by atomic mass is 10.1. The number of benzene rings is 1. The normalized spacial score (nSPS) is 16.3. The van der Waals surface area contributed by atoms with Gasteiger partial charge in [-0.05, 0) is 38.3 Å². The Balaban J connectivity index is 3.06. The van der Waals surface area contributed by atoms with Crippen LogP contribution in [0.15, 0.2) is 35.2 Å². The molecule has 0 spiro atoms. The van der Waals surface area contributed by atoms with Crippen LogP contribution in [0.1, 0.15) is 66.2 Å². The van der Waals surface area contributed by atoms with Crippen molar-refractivity contribution in [2.45, 2.75) is 101 Å². The largest absolute Gasteiger partial charge is 0.394 e. The van der Waals surface area contributed by atoms with E-state index in [0.29, 0.717) is 26.4 Å². The highest BCUT2D eigenvalue weighted by molar-refractivity contribution is 7.99. The van der Waals surface area contributed by atoms with Crippen LogP contribution in [0.2, 0.25) is 0 Å². The first kappa shape index (κ1) is 30.4. The summed E-state index contributed by atoms with van der Waals surface area (Å²) >= 11 is 1.55. The molecule has 2 N–H and O–H groups in total. The van der Waals surface area contributed by atoms with Crippen molar-refractivity contribution in [2.75, 3.05) is 33.0 Å². The van der Waals surface area contributed by atoms with Crippen LogP contribution >= 0.6 is 11.8 Å². The maximum atomic E-state index is 10.6. The summed E-state index contributed by atoms with van der Waals surface area (Å²) in [5, 5.41) is 20.3. The van der Waals surface area contributed by atoms with Crippen LogP contribution in [0.3, 0.4) is 0 Å². The number of rotatable bonds is 21. The van der Waals surface area contributed by atoms with Crippen LogP contribution < -0.4 is 0 Å². The molecule has 5 atom stereocenters. The molecule has 33 heavy (non-hydrogen) atoms. The van der Waals surface area contributed by atoms with Crippen molar-refractivity contribution in [1.29, 1.82) is 0 Å². The van der Waals surface area contributed by atoms with Crippen molar-refractivity contribution >= 4 is 11.8 Å². The number of aliphatic hydroxyl groups excluding tert-OH is 2. The van der Waals surface area contributed by atoms with Crippen LogP contribution in [-0.4, -0.2) is 73.1 Å². The van der Waals surface area contributed by atoms with Gasteiger partial charge in [0.2, 0.25) is 0 Å². The van der Waals surface area contributed by atoms with Gasteiger partial charge in [-0.2, -0.15) is 0 Å². The molecule has 1 aromatic carbocycles. The van der Waals surface area contributed by atoms with E-state index < -0.39 is 24.3 Å². The van der Waals surface area contributed by atoms with Crippen LogP contribution in [0, 0.1) is 0 Å². The van der Waals surface area contributed by atoms with Gasteiger partial charge >= 0.3 is 0 Å². The molecular weight excluding hydrogens is 440 g/mol. The Kier molecular flexibility index (Phi) is 18.0. The molecular formula is C26H46O6S. The first-order chi connectivity index (χ1) is 16.1. The van der Waals surface area contributed by atoms with Crippen LogP contribution in [0.5, 0.6) is 0 Å². The minimum Gasteiger partial charge on any atom is -0.394 e. The fourth-order valence-electron chi connectivity index (χ4n) is 3.14. The lowest BCUT2D eigenvalue weighted by Gasteiger charge is -2.34. The van der Waals surface area contributed by atoms with E-state index in [-0.39, 0.29) is 12.2 Å². The summed E-state index contributed by atoms with van der Waals surface area (Å²) in [5.74, 6) is 0. The van der Waals surface area contributed by atoms with E-state index in [2.05, 4.69) is 20.8 Å². The average Bonchev–Trinajstić information content (AvgIpc) is 2.83. The van der Waals surface area contributed by atoms with E-state index in [1.165, 1.54) is 0 Å². The number of hydrogen-bond acceptors (Lipinski definition) is 7. The molecule has 0 aromatic heterocycles. The molecule has 0 fully saturated rings. The molecule has 192 valence electrons. The molecule has 0 aliphatic carbocycles. The summed E-state index contributed by atoms with van der Waals surface area (Å²) in [5.41, 5.74) is -0.436. The predicted octanol–water partition coefficient (Wildman–Crippen LogP) is 5.05. The average molecular weight is 487 g/mol. The lowest BCUT2D eigenvalue weighted by Crippen LogP contribution is -2.47. The molecule has 6 nitrogen and oxygen atoms in total. The minimum absolute atomic E-state index is 0.324. The van der Waals surface area contributed by atoms with Crippen LogP contribution in [0.25, 0.3) is 0 Å². The predicted molar refractivity (Wildman–Crippen MR) is 135 cm³/mol. The Bertz CT molecular complexity index is 561. The molecule has 0 bridgehead atoms. The van der Waals surface area contributed by atoms with Gasteiger partial charge in [0, 0.05) is 24.7 Å². The van der Waals surface area contributed by atoms with E-state index >= 15 is 0 Å². The zero-order valence-electron chi connectivity index (χ0n) is 21.0. The van der Waals surface area contributed by atoms with Gasteiger partial charge in [0.1, 0.15) is 23.7 Å². The molecule has 7 heteroatoms. The Hall–Kier alpha value is -0.670. The van der Waals surface area contributed by atoms with Gasteiger partial charge in [-0.1, -0.05) is 70.0 Å². The van der Waals surface area contributed by atoms with Crippen molar-refractivity contribution in [3.8, 4) is 0 Å². The van der Waals surface area contributed by atoms with Gasteiger partial charge in [-0.3, -0.25) is 0 Å². The summed E-state index contributed by atoms with van der Waals surface area (Å²) in [4.78, 5) is 1.04. The second kappa shape index (κ2) is 19.6.